The van der Waals surface area contributed by atoms with Gasteiger partial charge in [-0.2, -0.15) is 13.2 Å². The molecule has 1 unspecified atom stereocenters. The highest BCUT2D eigenvalue weighted by Crippen LogP contribution is 2.49. The van der Waals surface area contributed by atoms with E-state index in [2.05, 4.69) is 5.32 Å². The van der Waals surface area contributed by atoms with Crippen LogP contribution in [-0.2, 0) is 20.8 Å². The van der Waals surface area contributed by atoms with Crippen LogP contribution in [0.1, 0.15) is 53.2 Å². The SMILES string of the molecule is CS(=O)(=O)c1cccc(C(=O)N2[C@@H](C(=O)NC(c3ccc(C(F)(F)F)cc3F)C3CC3)C[C@@H]3C[C@@H]32)c1. The highest BCUT2D eigenvalue weighted by Gasteiger charge is 2.56. The average Bonchev–Trinajstić information content (AvgIpc) is 3.74. The quantitative estimate of drug-likeness (QED) is 0.577. The lowest BCUT2D eigenvalue weighted by atomic mass is 9.99. The Bertz CT molecular complexity index is 1340. The van der Waals surface area contributed by atoms with E-state index >= 15 is 0 Å². The summed E-state index contributed by atoms with van der Waals surface area (Å²) in [4.78, 5) is 28.1. The molecular weight excluding hydrogens is 500 g/mol. The van der Waals surface area contributed by atoms with Crippen LogP contribution in [0, 0.1) is 17.7 Å². The van der Waals surface area contributed by atoms with Gasteiger partial charge >= 0.3 is 6.18 Å². The van der Waals surface area contributed by atoms with Crippen molar-refractivity contribution in [3.8, 4) is 0 Å². The predicted molar refractivity (Wildman–Crippen MR) is 121 cm³/mol. The zero-order valence-corrected chi connectivity index (χ0v) is 20.1. The molecule has 2 saturated carbocycles. The summed E-state index contributed by atoms with van der Waals surface area (Å²) in [6, 6.07) is 6.16. The molecule has 1 N–H and O–H groups in total. The van der Waals surface area contributed by atoms with E-state index in [1.165, 1.54) is 29.2 Å². The van der Waals surface area contributed by atoms with Crippen molar-refractivity contribution in [1.29, 1.82) is 0 Å². The molecule has 3 aliphatic rings. The number of halogens is 4. The van der Waals surface area contributed by atoms with Crippen molar-refractivity contribution in [3.63, 3.8) is 0 Å². The van der Waals surface area contributed by atoms with E-state index in [1.54, 1.807) is 0 Å². The Balaban J connectivity index is 1.38. The third-order valence-electron chi connectivity index (χ3n) is 7.20. The normalized spacial score (nSPS) is 24.2. The molecule has 0 spiro atoms. The van der Waals surface area contributed by atoms with Crippen LogP contribution in [0.2, 0.25) is 0 Å². The number of fused-ring (bicyclic) bond motifs is 1. The number of hydrogen-bond acceptors (Lipinski definition) is 4. The van der Waals surface area contributed by atoms with E-state index in [0.29, 0.717) is 25.3 Å². The van der Waals surface area contributed by atoms with Crippen LogP contribution in [0.25, 0.3) is 0 Å². The molecule has 2 aromatic carbocycles. The van der Waals surface area contributed by atoms with E-state index in [-0.39, 0.29) is 33.9 Å². The van der Waals surface area contributed by atoms with E-state index in [9.17, 15) is 35.6 Å². The largest absolute Gasteiger partial charge is 0.416 e. The van der Waals surface area contributed by atoms with Gasteiger partial charge in [0.2, 0.25) is 5.91 Å². The minimum atomic E-state index is -4.68. The predicted octanol–water partition coefficient (Wildman–Crippen LogP) is 4.12. The third kappa shape index (κ3) is 4.72. The number of carbonyl (C=O) groups excluding carboxylic acids is 2. The summed E-state index contributed by atoms with van der Waals surface area (Å²) in [5.41, 5.74) is -0.967. The van der Waals surface area contributed by atoms with E-state index in [4.69, 9.17) is 0 Å². The van der Waals surface area contributed by atoms with Crippen LogP contribution in [0.15, 0.2) is 47.4 Å². The molecule has 2 aliphatic carbocycles. The third-order valence-corrected chi connectivity index (χ3v) is 8.31. The maximum atomic E-state index is 14.7. The standard InChI is InChI=1S/C25H24F4N2O4S/c1-36(34,35)17-4-2-3-14(9-17)24(33)31-20-10-15(20)11-21(31)23(32)30-22(13-5-6-13)18-8-7-16(12-19(18)26)25(27,28)29/h2-4,7-9,12-13,15,20-22H,5-6,10-11H2,1H3,(H,30,32)/t15-,20-,21+,22?/m0/s1. The molecule has 11 heteroatoms. The second-order valence-corrected chi connectivity index (χ2v) is 11.9. The number of amides is 2. The summed E-state index contributed by atoms with van der Waals surface area (Å²) in [6.45, 7) is 0. The summed E-state index contributed by atoms with van der Waals surface area (Å²) >= 11 is 0. The van der Waals surface area contributed by atoms with Gasteiger partial charge in [-0.1, -0.05) is 12.1 Å². The summed E-state index contributed by atoms with van der Waals surface area (Å²) < 4.78 is 77.5. The highest BCUT2D eigenvalue weighted by atomic mass is 32.2. The number of alkyl halides is 3. The molecule has 1 aliphatic heterocycles. The molecule has 4 atom stereocenters. The van der Waals surface area contributed by atoms with Gasteiger partial charge in [0.25, 0.3) is 5.91 Å². The molecule has 192 valence electrons. The number of benzene rings is 2. The van der Waals surface area contributed by atoms with Gasteiger partial charge in [0.05, 0.1) is 16.5 Å². The summed E-state index contributed by atoms with van der Waals surface area (Å²) in [5, 5.41) is 2.80. The second kappa shape index (κ2) is 8.57. The van der Waals surface area contributed by atoms with Crippen LogP contribution in [0.3, 0.4) is 0 Å². The molecule has 1 heterocycles. The van der Waals surface area contributed by atoms with Crippen molar-refractivity contribution in [1.82, 2.24) is 10.2 Å². The van der Waals surface area contributed by atoms with Gasteiger partial charge in [-0.05, 0) is 67.9 Å². The van der Waals surface area contributed by atoms with Gasteiger partial charge in [0.15, 0.2) is 9.84 Å². The lowest BCUT2D eigenvalue weighted by molar-refractivity contribution is -0.137. The molecule has 5 rings (SSSR count). The van der Waals surface area contributed by atoms with Crippen molar-refractivity contribution in [2.24, 2.45) is 11.8 Å². The summed E-state index contributed by atoms with van der Waals surface area (Å²) in [7, 11) is -3.54. The van der Waals surface area contributed by atoms with Gasteiger partial charge in [-0.3, -0.25) is 9.59 Å². The van der Waals surface area contributed by atoms with Gasteiger partial charge in [0.1, 0.15) is 11.9 Å². The smallest absolute Gasteiger partial charge is 0.347 e. The minimum absolute atomic E-state index is 0.00697. The summed E-state index contributed by atoms with van der Waals surface area (Å²) in [6.07, 6.45) is -1.10. The van der Waals surface area contributed by atoms with Crippen LogP contribution in [0.5, 0.6) is 0 Å². The Labute approximate surface area is 205 Å². The first-order chi connectivity index (χ1) is 16.8. The molecule has 36 heavy (non-hydrogen) atoms. The number of nitrogens with one attached hydrogen (secondary N) is 1. The average molecular weight is 525 g/mol. The molecule has 0 radical (unpaired) electrons. The van der Waals surface area contributed by atoms with Crippen LogP contribution < -0.4 is 5.32 Å². The highest BCUT2D eigenvalue weighted by molar-refractivity contribution is 7.90. The number of piperidine rings is 1. The monoisotopic (exact) mass is 524 g/mol. The Hall–Kier alpha value is -2.95. The fourth-order valence-corrected chi connectivity index (χ4v) is 5.74. The molecule has 0 bridgehead atoms. The van der Waals surface area contributed by atoms with E-state index < -0.39 is 51.3 Å². The molecule has 0 aromatic heterocycles. The maximum absolute atomic E-state index is 14.7. The number of hydrogen-bond donors (Lipinski definition) is 1. The van der Waals surface area contributed by atoms with Crippen LogP contribution in [-0.4, -0.2) is 43.5 Å². The number of carbonyl (C=O) groups is 2. The fraction of sp³-hybridized carbons (Fsp3) is 0.440. The van der Waals surface area contributed by atoms with E-state index in [1.807, 2.05) is 0 Å². The van der Waals surface area contributed by atoms with Crippen molar-refractivity contribution < 1.29 is 35.6 Å². The number of nitrogens with zero attached hydrogens (tertiary/aromatic N) is 1. The van der Waals surface area contributed by atoms with Crippen molar-refractivity contribution >= 4 is 21.7 Å². The zero-order chi connectivity index (χ0) is 26.0. The lowest BCUT2D eigenvalue weighted by Crippen LogP contribution is -2.49. The second-order valence-electron chi connectivity index (χ2n) is 9.88. The van der Waals surface area contributed by atoms with Gasteiger partial charge in [-0.25, -0.2) is 12.8 Å². The Morgan fingerprint density at radius 1 is 1.08 bits per heavy atom. The molecule has 3 fully saturated rings. The van der Waals surface area contributed by atoms with Gasteiger partial charge < -0.3 is 10.2 Å². The van der Waals surface area contributed by atoms with Crippen LogP contribution in [0.4, 0.5) is 17.6 Å². The minimum Gasteiger partial charge on any atom is -0.347 e. The fourth-order valence-electron chi connectivity index (χ4n) is 5.08. The first-order valence-corrected chi connectivity index (χ1v) is 13.5. The molecular formula is C25H24F4N2O4S. The van der Waals surface area contributed by atoms with Crippen molar-refractivity contribution in [3.05, 3.63) is 65.0 Å². The van der Waals surface area contributed by atoms with E-state index in [0.717, 1.165) is 24.8 Å². The zero-order valence-electron chi connectivity index (χ0n) is 19.3. The summed E-state index contributed by atoms with van der Waals surface area (Å²) in [5.74, 6) is -1.96. The number of sulfone groups is 1. The number of likely N-dealkylation sites (tertiary alicyclic amines) is 1. The van der Waals surface area contributed by atoms with Crippen molar-refractivity contribution in [2.45, 2.75) is 54.9 Å². The lowest BCUT2D eigenvalue weighted by Gasteiger charge is -2.29. The Morgan fingerprint density at radius 2 is 1.81 bits per heavy atom. The Kier molecular flexibility index (Phi) is 5.89. The van der Waals surface area contributed by atoms with Gasteiger partial charge in [-0.15, -0.1) is 0 Å². The molecule has 2 aromatic rings. The van der Waals surface area contributed by atoms with Crippen LogP contribution >= 0.6 is 0 Å². The molecule has 6 nitrogen and oxygen atoms in total. The molecule has 1 saturated heterocycles. The first-order valence-electron chi connectivity index (χ1n) is 11.6. The Morgan fingerprint density at radius 3 is 2.42 bits per heavy atom. The topological polar surface area (TPSA) is 83.6 Å². The first kappa shape index (κ1) is 24.7. The maximum Gasteiger partial charge on any atom is 0.416 e. The molecule has 2 amide bonds. The van der Waals surface area contributed by atoms with Crippen molar-refractivity contribution in [2.75, 3.05) is 6.26 Å². The number of rotatable bonds is 6. The van der Waals surface area contributed by atoms with Gasteiger partial charge in [0, 0.05) is 23.4 Å².